The van der Waals surface area contributed by atoms with Crippen LogP contribution in [0.25, 0.3) is 22.2 Å². The lowest BCUT2D eigenvalue weighted by Gasteiger charge is -2.10. The van der Waals surface area contributed by atoms with E-state index in [1.165, 1.54) is 12.1 Å². The quantitative estimate of drug-likeness (QED) is 0.684. The van der Waals surface area contributed by atoms with Gasteiger partial charge in [0.1, 0.15) is 5.75 Å². The third-order valence-electron chi connectivity index (χ3n) is 3.52. The lowest BCUT2D eigenvalue weighted by molar-refractivity contribution is 0.0699. The number of hydrogen-bond acceptors (Lipinski definition) is 3. The average Bonchev–Trinajstić information content (AvgIpc) is 2.54. The third-order valence-corrected chi connectivity index (χ3v) is 4.03. The van der Waals surface area contributed by atoms with Crippen LogP contribution in [-0.2, 0) is 0 Å². The number of nitrogens with zero attached hydrogens (tertiary/aromatic N) is 1. The molecule has 24 heavy (non-hydrogen) atoms. The molecule has 1 aromatic heterocycles. The molecule has 0 aliphatic rings. The van der Waals surface area contributed by atoms with Crippen LogP contribution in [0, 0.1) is 0 Å². The van der Waals surface area contributed by atoms with Gasteiger partial charge in [-0.1, -0.05) is 23.2 Å². The van der Waals surface area contributed by atoms with Gasteiger partial charge in [-0.25, -0.2) is 9.78 Å². The summed E-state index contributed by atoms with van der Waals surface area (Å²) in [7, 11) is 0. The molecule has 1 heterocycles. The summed E-state index contributed by atoms with van der Waals surface area (Å²) in [5.41, 5.74) is 1.84. The zero-order valence-corrected chi connectivity index (χ0v) is 14.2. The van der Waals surface area contributed by atoms with Crippen LogP contribution in [0.4, 0.5) is 0 Å². The van der Waals surface area contributed by atoms with E-state index < -0.39 is 5.97 Å². The van der Waals surface area contributed by atoms with Crippen LogP contribution in [0.3, 0.4) is 0 Å². The van der Waals surface area contributed by atoms with Crippen molar-refractivity contribution >= 4 is 40.1 Å². The average molecular weight is 362 g/mol. The van der Waals surface area contributed by atoms with Gasteiger partial charge in [0.15, 0.2) is 0 Å². The Bertz CT molecular complexity index is 924. The number of carboxylic acids is 1. The second-order valence-electron chi connectivity index (χ2n) is 5.10. The highest BCUT2D eigenvalue weighted by Gasteiger charge is 2.16. The van der Waals surface area contributed by atoms with Crippen LogP contribution in [-0.4, -0.2) is 22.7 Å². The largest absolute Gasteiger partial charge is 0.494 e. The predicted molar refractivity (Wildman–Crippen MR) is 95.3 cm³/mol. The minimum Gasteiger partial charge on any atom is -0.494 e. The summed E-state index contributed by atoms with van der Waals surface area (Å²) in [5.74, 6) is -0.328. The fraction of sp³-hybridized carbons (Fsp3) is 0.111. The van der Waals surface area contributed by atoms with Crippen LogP contribution in [0.2, 0.25) is 10.0 Å². The summed E-state index contributed by atoms with van der Waals surface area (Å²) in [6, 6.07) is 11.9. The first-order chi connectivity index (χ1) is 11.5. The van der Waals surface area contributed by atoms with Crippen molar-refractivity contribution in [2.45, 2.75) is 6.92 Å². The Hall–Kier alpha value is -2.30. The van der Waals surface area contributed by atoms with Gasteiger partial charge in [-0.2, -0.15) is 0 Å². The van der Waals surface area contributed by atoms with E-state index in [1.54, 1.807) is 6.07 Å². The first kappa shape index (κ1) is 16.6. The fourth-order valence-corrected chi connectivity index (χ4v) is 3.08. The van der Waals surface area contributed by atoms with E-state index in [2.05, 4.69) is 4.98 Å². The normalized spacial score (nSPS) is 10.8. The Labute approximate surface area is 148 Å². The summed E-state index contributed by atoms with van der Waals surface area (Å²) < 4.78 is 5.41. The molecular formula is C18H13Cl2NO3. The van der Waals surface area contributed by atoms with Crippen LogP contribution >= 0.6 is 23.2 Å². The highest BCUT2D eigenvalue weighted by Crippen LogP contribution is 2.33. The van der Waals surface area contributed by atoms with E-state index in [9.17, 15) is 9.90 Å². The fourth-order valence-electron chi connectivity index (χ4n) is 2.49. The molecule has 0 unspecified atom stereocenters. The molecule has 3 aromatic rings. The molecule has 6 heteroatoms. The molecule has 122 valence electrons. The minimum absolute atomic E-state index is 0.0885. The SMILES string of the molecule is CCOc1ccc(-c2cc(C(=O)O)c3c(Cl)cc(Cl)cc3n2)cc1. The Morgan fingerprint density at radius 2 is 1.88 bits per heavy atom. The van der Waals surface area contributed by atoms with Crippen LogP contribution in [0.1, 0.15) is 17.3 Å². The van der Waals surface area contributed by atoms with Gasteiger partial charge in [-0.05, 0) is 49.4 Å². The summed E-state index contributed by atoms with van der Waals surface area (Å²) in [5, 5.41) is 10.6. The molecule has 0 spiro atoms. The molecule has 0 fully saturated rings. The van der Waals surface area contributed by atoms with Crippen molar-refractivity contribution in [3.8, 4) is 17.0 Å². The molecule has 0 bridgehead atoms. The topological polar surface area (TPSA) is 59.4 Å². The smallest absolute Gasteiger partial charge is 0.336 e. The third kappa shape index (κ3) is 3.16. The molecular weight excluding hydrogens is 349 g/mol. The van der Waals surface area contributed by atoms with Crippen molar-refractivity contribution in [1.29, 1.82) is 0 Å². The highest BCUT2D eigenvalue weighted by molar-refractivity contribution is 6.39. The predicted octanol–water partition coefficient (Wildman–Crippen LogP) is 5.31. The molecule has 0 amide bonds. The van der Waals surface area contributed by atoms with Gasteiger partial charge in [0.05, 0.1) is 28.4 Å². The van der Waals surface area contributed by atoms with Gasteiger partial charge < -0.3 is 9.84 Å². The van der Waals surface area contributed by atoms with Gasteiger partial charge in [0.25, 0.3) is 0 Å². The molecule has 0 saturated heterocycles. The maximum atomic E-state index is 11.6. The number of ether oxygens (including phenoxy) is 1. The number of fused-ring (bicyclic) bond motifs is 1. The second-order valence-corrected chi connectivity index (χ2v) is 5.94. The van der Waals surface area contributed by atoms with Crippen LogP contribution in [0.15, 0.2) is 42.5 Å². The van der Waals surface area contributed by atoms with Crippen molar-refractivity contribution < 1.29 is 14.6 Å². The van der Waals surface area contributed by atoms with Crippen LogP contribution < -0.4 is 4.74 Å². The van der Waals surface area contributed by atoms with Gasteiger partial charge in [0.2, 0.25) is 0 Å². The Balaban J connectivity index is 2.20. The number of aromatic nitrogens is 1. The lowest BCUT2D eigenvalue weighted by atomic mass is 10.0. The molecule has 4 nitrogen and oxygen atoms in total. The maximum absolute atomic E-state index is 11.6. The first-order valence-corrected chi connectivity index (χ1v) is 8.01. The standard InChI is InChI=1S/C18H13Cl2NO3/c1-2-24-12-5-3-10(4-6-12)15-9-13(18(22)23)17-14(20)7-11(19)8-16(17)21-15/h3-9H,2H2,1H3,(H,22,23). The number of carboxylic acid groups (broad SMARTS) is 1. The molecule has 1 N–H and O–H groups in total. The molecule has 0 saturated carbocycles. The molecule has 3 rings (SSSR count). The Kier molecular flexibility index (Phi) is 4.60. The van der Waals surface area contributed by atoms with Crippen molar-refractivity contribution in [1.82, 2.24) is 4.98 Å². The monoisotopic (exact) mass is 361 g/mol. The Morgan fingerprint density at radius 1 is 1.17 bits per heavy atom. The van der Waals surface area contributed by atoms with E-state index in [4.69, 9.17) is 27.9 Å². The number of carbonyl (C=O) groups is 1. The molecule has 0 radical (unpaired) electrons. The first-order valence-electron chi connectivity index (χ1n) is 7.26. The number of pyridine rings is 1. The van der Waals surface area contributed by atoms with Gasteiger partial charge in [-0.15, -0.1) is 0 Å². The number of benzene rings is 2. The zero-order valence-electron chi connectivity index (χ0n) is 12.7. The minimum atomic E-state index is -1.07. The van der Waals surface area contributed by atoms with Gasteiger partial charge >= 0.3 is 5.97 Å². The maximum Gasteiger partial charge on any atom is 0.336 e. The molecule has 2 aromatic carbocycles. The summed E-state index contributed by atoms with van der Waals surface area (Å²) in [6.07, 6.45) is 0. The Morgan fingerprint density at radius 3 is 2.50 bits per heavy atom. The summed E-state index contributed by atoms with van der Waals surface area (Å²) in [6.45, 7) is 2.49. The number of aromatic carboxylic acids is 1. The molecule has 0 aliphatic heterocycles. The van der Waals surface area contributed by atoms with Crippen molar-refractivity contribution in [3.05, 3.63) is 58.1 Å². The second kappa shape index (κ2) is 6.67. The van der Waals surface area contributed by atoms with Crippen molar-refractivity contribution in [2.24, 2.45) is 0 Å². The number of hydrogen-bond donors (Lipinski definition) is 1. The summed E-state index contributed by atoms with van der Waals surface area (Å²) >= 11 is 12.2. The van der Waals surface area contributed by atoms with E-state index in [0.29, 0.717) is 28.2 Å². The van der Waals surface area contributed by atoms with E-state index in [0.717, 1.165) is 11.3 Å². The van der Waals surface area contributed by atoms with Crippen molar-refractivity contribution in [3.63, 3.8) is 0 Å². The van der Waals surface area contributed by atoms with Gasteiger partial charge in [-0.3, -0.25) is 0 Å². The van der Waals surface area contributed by atoms with Crippen molar-refractivity contribution in [2.75, 3.05) is 6.61 Å². The number of rotatable bonds is 4. The van der Waals surface area contributed by atoms with E-state index in [1.807, 2.05) is 31.2 Å². The summed E-state index contributed by atoms with van der Waals surface area (Å²) in [4.78, 5) is 16.1. The highest BCUT2D eigenvalue weighted by atomic mass is 35.5. The molecule has 0 atom stereocenters. The van der Waals surface area contributed by atoms with Crippen LogP contribution in [0.5, 0.6) is 5.75 Å². The van der Waals surface area contributed by atoms with Gasteiger partial charge in [0, 0.05) is 16.0 Å². The molecule has 0 aliphatic carbocycles. The lowest BCUT2D eigenvalue weighted by Crippen LogP contribution is -2.01. The van der Waals surface area contributed by atoms with E-state index in [-0.39, 0.29) is 10.6 Å². The van der Waals surface area contributed by atoms with E-state index >= 15 is 0 Å². The zero-order chi connectivity index (χ0) is 17.3. The number of halogens is 2.